The lowest BCUT2D eigenvalue weighted by Gasteiger charge is -2.24. The van der Waals surface area contributed by atoms with Gasteiger partial charge >= 0.3 is 0 Å². The van der Waals surface area contributed by atoms with Gasteiger partial charge in [0.05, 0.1) is 6.54 Å². The number of piperidine rings is 1. The van der Waals surface area contributed by atoms with Gasteiger partial charge < -0.3 is 5.32 Å². The van der Waals surface area contributed by atoms with E-state index >= 15 is 0 Å². The first-order valence-electron chi connectivity index (χ1n) is 7.55. The third kappa shape index (κ3) is 2.98. The summed E-state index contributed by atoms with van der Waals surface area (Å²) >= 11 is 0. The molecule has 3 heterocycles. The Morgan fingerprint density at radius 1 is 1.42 bits per heavy atom. The zero-order chi connectivity index (χ0) is 13.2. The van der Waals surface area contributed by atoms with Crippen molar-refractivity contribution in [1.29, 1.82) is 0 Å². The number of hydrogen-bond donors (Lipinski definition) is 1. The number of likely N-dealkylation sites (tertiary alicyclic amines) is 1. The highest BCUT2D eigenvalue weighted by atomic mass is 15.4. The van der Waals surface area contributed by atoms with Crippen molar-refractivity contribution in [1.82, 2.24) is 25.0 Å². The van der Waals surface area contributed by atoms with E-state index in [-0.39, 0.29) is 0 Å². The quantitative estimate of drug-likeness (QED) is 0.884. The first-order chi connectivity index (χ1) is 9.22. The van der Waals surface area contributed by atoms with Crippen LogP contribution in [0.2, 0.25) is 0 Å². The molecule has 106 valence electrons. The highest BCUT2D eigenvalue weighted by Gasteiger charge is 2.34. The van der Waals surface area contributed by atoms with E-state index in [4.69, 9.17) is 0 Å². The van der Waals surface area contributed by atoms with Crippen LogP contribution in [-0.4, -0.2) is 45.3 Å². The largest absolute Gasteiger partial charge is 0.312 e. The topological polar surface area (TPSA) is 46.0 Å². The summed E-state index contributed by atoms with van der Waals surface area (Å²) in [7, 11) is 0. The number of fused-ring (bicyclic) bond motifs is 1. The van der Waals surface area contributed by atoms with Crippen LogP contribution in [0.15, 0.2) is 6.33 Å². The van der Waals surface area contributed by atoms with Gasteiger partial charge in [0.2, 0.25) is 0 Å². The van der Waals surface area contributed by atoms with Gasteiger partial charge in [-0.25, -0.2) is 9.67 Å². The van der Waals surface area contributed by atoms with Crippen molar-refractivity contribution >= 4 is 0 Å². The van der Waals surface area contributed by atoms with E-state index in [1.807, 2.05) is 0 Å². The summed E-state index contributed by atoms with van der Waals surface area (Å²) in [5, 5.41) is 8.01. The Hall–Kier alpha value is -0.940. The second kappa shape index (κ2) is 5.59. The van der Waals surface area contributed by atoms with Crippen LogP contribution >= 0.6 is 0 Å². The zero-order valence-corrected chi connectivity index (χ0v) is 12.0. The van der Waals surface area contributed by atoms with Crippen LogP contribution in [-0.2, 0) is 13.1 Å². The minimum atomic E-state index is 0.614. The summed E-state index contributed by atoms with van der Waals surface area (Å²) in [5.41, 5.74) is 0. The molecule has 2 saturated heterocycles. The standard InChI is InChI=1S/C14H25N5/c1-11(2)6-19-14(16-10-17-19)9-18-7-12-4-3-5-15-13(12)8-18/h10-13,15H,3-9H2,1-2H3/t12-,13+/m0/s1. The maximum atomic E-state index is 4.44. The van der Waals surface area contributed by atoms with Crippen LogP contribution in [0.5, 0.6) is 0 Å². The molecule has 0 spiro atoms. The number of nitrogens with one attached hydrogen (secondary N) is 1. The predicted molar refractivity (Wildman–Crippen MR) is 74.7 cm³/mol. The van der Waals surface area contributed by atoms with Crippen molar-refractivity contribution in [2.75, 3.05) is 19.6 Å². The summed E-state index contributed by atoms with van der Waals surface area (Å²) in [6, 6.07) is 0.704. The molecule has 5 heteroatoms. The smallest absolute Gasteiger partial charge is 0.141 e. The lowest BCUT2D eigenvalue weighted by molar-refractivity contribution is 0.294. The summed E-state index contributed by atoms with van der Waals surface area (Å²) in [6.45, 7) is 9.93. The molecule has 5 nitrogen and oxygen atoms in total. The molecule has 0 amide bonds. The molecule has 19 heavy (non-hydrogen) atoms. The molecular weight excluding hydrogens is 238 g/mol. The predicted octanol–water partition coefficient (Wildman–Crippen LogP) is 1.12. The fourth-order valence-electron chi connectivity index (χ4n) is 3.37. The van der Waals surface area contributed by atoms with E-state index < -0.39 is 0 Å². The van der Waals surface area contributed by atoms with Crippen LogP contribution in [0.25, 0.3) is 0 Å². The molecule has 0 radical (unpaired) electrons. The van der Waals surface area contributed by atoms with E-state index in [0.717, 1.165) is 24.8 Å². The van der Waals surface area contributed by atoms with E-state index in [1.165, 1.54) is 32.5 Å². The minimum absolute atomic E-state index is 0.614. The van der Waals surface area contributed by atoms with Crippen molar-refractivity contribution in [2.45, 2.75) is 45.8 Å². The Morgan fingerprint density at radius 2 is 2.32 bits per heavy atom. The lowest BCUT2D eigenvalue weighted by atomic mass is 9.94. The highest BCUT2D eigenvalue weighted by Crippen LogP contribution is 2.25. The molecule has 1 N–H and O–H groups in total. The number of aromatic nitrogens is 3. The molecular formula is C14H25N5. The lowest BCUT2D eigenvalue weighted by Crippen LogP contribution is -2.40. The van der Waals surface area contributed by atoms with Crippen LogP contribution in [0, 0.1) is 11.8 Å². The van der Waals surface area contributed by atoms with E-state index in [1.54, 1.807) is 6.33 Å². The molecule has 1 aromatic rings. The van der Waals surface area contributed by atoms with E-state index in [0.29, 0.717) is 12.0 Å². The average Bonchev–Trinajstić information content (AvgIpc) is 2.95. The second-order valence-electron chi connectivity index (χ2n) is 6.41. The van der Waals surface area contributed by atoms with Gasteiger partial charge in [-0.2, -0.15) is 5.10 Å². The summed E-state index contributed by atoms with van der Waals surface area (Å²) < 4.78 is 2.07. The second-order valence-corrected chi connectivity index (χ2v) is 6.41. The summed E-state index contributed by atoms with van der Waals surface area (Å²) in [4.78, 5) is 6.98. The SMILES string of the molecule is CC(C)Cn1ncnc1CN1C[C@@H]2CCCN[C@@H]2C1. The van der Waals surface area contributed by atoms with Gasteiger partial charge in [0, 0.05) is 25.7 Å². The van der Waals surface area contributed by atoms with Crippen LogP contribution in [0.4, 0.5) is 0 Å². The number of hydrogen-bond acceptors (Lipinski definition) is 4. The van der Waals surface area contributed by atoms with Crippen molar-refractivity contribution in [3.63, 3.8) is 0 Å². The number of nitrogens with zero attached hydrogens (tertiary/aromatic N) is 4. The van der Waals surface area contributed by atoms with Crippen molar-refractivity contribution in [3.05, 3.63) is 12.2 Å². The molecule has 2 fully saturated rings. The Labute approximate surface area is 115 Å². The molecule has 1 aromatic heterocycles. The maximum Gasteiger partial charge on any atom is 0.141 e. The minimum Gasteiger partial charge on any atom is -0.312 e. The molecule has 2 aliphatic heterocycles. The van der Waals surface area contributed by atoms with Gasteiger partial charge in [0.15, 0.2) is 0 Å². The van der Waals surface area contributed by atoms with Gasteiger partial charge in [-0.1, -0.05) is 13.8 Å². The fourth-order valence-corrected chi connectivity index (χ4v) is 3.37. The van der Waals surface area contributed by atoms with Crippen molar-refractivity contribution < 1.29 is 0 Å². The Balaban J connectivity index is 1.61. The van der Waals surface area contributed by atoms with Gasteiger partial charge in [-0.3, -0.25) is 4.90 Å². The van der Waals surface area contributed by atoms with Gasteiger partial charge in [-0.15, -0.1) is 0 Å². The molecule has 0 saturated carbocycles. The van der Waals surface area contributed by atoms with Gasteiger partial charge in [0.1, 0.15) is 12.2 Å². The van der Waals surface area contributed by atoms with Crippen LogP contribution < -0.4 is 5.32 Å². The number of rotatable bonds is 4. The molecule has 0 aromatic carbocycles. The Morgan fingerprint density at radius 3 is 3.11 bits per heavy atom. The molecule has 0 aliphatic carbocycles. The van der Waals surface area contributed by atoms with Crippen molar-refractivity contribution in [2.24, 2.45) is 11.8 Å². The first-order valence-corrected chi connectivity index (χ1v) is 7.55. The van der Waals surface area contributed by atoms with E-state index in [2.05, 4.69) is 38.8 Å². The normalized spacial score (nSPS) is 27.9. The van der Waals surface area contributed by atoms with Crippen LogP contribution in [0.1, 0.15) is 32.5 Å². The Bertz CT molecular complexity index is 400. The Kier molecular flexibility index (Phi) is 3.84. The third-order valence-corrected chi connectivity index (χ3v) is 4.27. The first kappa shape index (κ1) is 13.1. The summed E-state index contributed by atoms with van der Waals surface area (Å²) in [6.07, 6.45) is 4.41. The average molecular weight is 263 g/mol. The monoisotopic (exact) mass is 263 g/mol. The van der Waals surface area contributed by atoms with Gasteiger partial charge in [0.25, 0.3) is 0 Å². The molecule has 3 rings (SSSR count). The van der Waals surface area contributed by atoms with Gasteiger partial charge in [-0.05, 0) is 31.2 Å². The fraction of sp³-hybridized carbons (Fsp3) is 0.857. The highest BCUT2D eigenvalue weighted by molar-refractivity contribution is 4.94. The molecule has 0 unspecified atom stereocenters. The van der Waals surface area contributed by atoms with E-state index in [9.17, 15) is 0 Å². The maximum absolute atomic E-state index is 4.44. The van der Waals surface area contributed by atoms with Crippen LogP contribution in [0.3, 0.4) is 0 Å². The molecule has 0 bridgehead atoms. The molecule has 2 aliphatic rings. The van der Waals surface area contributed by atoms with Crippen molar-refractivity contribution in [3.8, 4) is 0 Å². The zero-order valence-electron chi connectivity index (χ0n) is 12.0. The molecule has 2 atom stereocenters. The summed E-state index contributed by atoms with van der Waals surface area (Å²) in [5.74, 6) is 2.57. The third-order valence-electron chi connectivity index (χ3n) is 4.27.